The molecule has 0 bridgehead atoms. The molecule has 0 aromatic heterocycles. The quantitative estimate of drug-likeness (QED) is 0.848. The van der Waals surface area contributed by atoms with Crippen molar-refractivity contribution in [1.82, 2.24) is 0 Å². The summed E-state index contributed by atoms with van der Waals surface area (Å²) in [6, 6.07) is 4.75. The van der Waals surface area contributed by atoms with Gasteiger partial charge in [-0.15, -0.1) is 0 Å². The molecule has 1 aliphatic rings. The Balaban J connectivity index is 2.07. The van der Waals surface area contributed by atoms with E-state index in [-0.39, 0.29) is 23.0 Å². The van der Waals surface area contributed by atoms with Crippen LogP contribution in [0.3, 0.4) is 0 Å². The lowest BCUT2D eigenvalue weighted by Gasteiger charge is -2.34. The van der Waals surface area contributed by atoms with Crippen LogP contribution in [-0.2, 0) is 11.2 Å². The first kappa shape index (κ1) is 16.7. The lowest BCUT2D eigenvalue weighted by Crippen LogP contribution is -2.44. The molecular weight excluding hydrogens is 289 g/mol. The van der Waals surface area contributed by atoms with E-state index in [1.165, 1.54) is 38.2 Å². The van der Waals surface area contributed by atoms with Crippen molar-refractivity contribution in [2.45, 2.75) is 57.6 Å². The molecule has 1 saturated carbocycles. The van der Waals surface area contributed by atoms with E-state index in [9.17, 15) is 4.39 Å². The maximum Gasteiger partial charge on any atom is 0.142 e. The Kier molecular flexibility index (Phi) is 6.46. The number of hydrogen-bond donors (Lipinski definition) is 1. The summed E-state index contributed by atoms with van der Waals surface area (Å²) in [5, 5.41) is 0.187. The Hall–Kier alpha value is -0.640. The lowest BCUT2D eigenvalue weighted by molar-refractivity contribution is -0.00913. The first-order valence-corrected chi connectivity index (χ1v) is 8.31. The van der Waals surface area contributed by atoms with Gasteiger partial charge in [-0.25, -0.2) is 4.39 Å². The SMILES string of the molecule is CCOC(C(N)Cc1cccc(F)c1Cl)C1CCCCC1. The normalized spacial score (nSPS) is 19.4. The molecule has 0 heterocycles. The zero-order chi connectivity index (χ0) is 15.2. The van der Waals surface area contributed by atoms with E-state index < -0.39 is 0 Å². The van der Waals surface area contributed by atoms with E-state index in [4.69, 9.17) is 22.1 Å². The minimum Gasteiger partial charge on any atom is -0.377 e. The predicted molar refractivity (Wildman–Crippen MR) is 85.1 cm³/mol. The highest BCUT2D eigenvalue weighted by Gasteiger charge is 2.29. The second-order valence-corrected chi connectivity index (χ2v) is 6.28. The summed E-state index contributed by atoms with van der Waals surface area (Å²) < 4.78 is 19.5. The third kappa shape index (κ3) is 4.41. The van der Waals surface area contributed by atoms with Crippen molar-refractivity contribution in [3.05, 3.63) is 34.6 Å². The van der Waals surface area contributed by atoms with Gasteiger partial charge in [-0.1, -0.05) is 43.0 Å². The average molecular weight is 314 g/mol. The molecule has 2 unspecified atom stereocenters. The van der Waals surface area contributed by atoms with Crippen LogP contribution in [-0.4, -0.2) is 18.8 Å². The van der Waals surface area contributed by atoms with E-state index in [1.807, 2.05) is 13.0 Å². The fourth-order valence-electron chi connectivity index (χ4n) is 3.34. The van der Waals surface area contributed by atoms with E-state index in [0.717, 1.165) is 5.56 Å². The molecule has 21 heavy (non-hydrogen) atoms. The summed E-state index contributed by atoms with van der Waals surface area (Å²) in [6.07, 6.45) is 6.75. The highest BCUT2D eigenvalue weighted by molar-refractivity contribution is 6.31. The molecule has 2 rings (SSSR count). The molecule has 0 amide bonds. The minimum absolute atomic E-state index is 0.0367. The van der Waals surface area contributed by atoms with Crippen LogP contribution in [0.5, 0.6) is 0 Å². The van der Waals surface area contributed by atoms with Crippen molar-refractivity contribution in [3.63, 3.8) is 0 Å². The van der Waals surface area contributed by atoms with Crippen LogP contribution >= 0.6 is 11.6 Å². The molecule has 0 saturated heterocycles. The Labute approximate surface area is 131 Å². The van der Waals surface area contributed by atoms with Crippen LogP contribution in [0.4, 0.5) is 4.39 Å². The van der Waals surface area contributed by atoms with Gasteiger partial charge in [0.05, 0.1) is 11.1 Å². The Bertz CT molecular complexity index is 448. The Morgan fingerprint density at radius 1 is 1.33 bits per heavy atom. The standard InChI is InChI=1S/C17H25ClFNO/c1-2-21-17(12-7-4-3-5-8-12)15(20)11-13-9-6-10-14(19)16(13)18/h6,9-10,12,15,17H,2-5,7-8,11,20H2,1H3. The largest absolute Gasteiger partial charge is 0.377 e. The van der Waals surface area contributed by atoms with Crippen LogP contribution < -0.4 is 5.73 Å². The molecule has 0 radical (unpaired) electrons. The van der Waals surface area contributed by atoms with Crippen LogP contribution in [0.15, 0.2) is 18.2 Å². The van der Waals surface area contributed by atoms with Gasteiger partial charge >= 0.3 is 0 Å². The number of halogens is 2. The molecule has 1 aromatic rings. The molecular formula is C17H25ClFNO. The molecule has 4 heteroatoms. The molecule has 2 nitrogen and oxygen atoms in total. The number of nitrogens with two attached hydrogens (primary N) is 1. The van der Waals surface area contributed by atoms with Crippen molar-refractivity contribution in [2.75, 3.05) is 6.61 Å². The van der Waals surface area contributed by atoms with Gasteiger partial charge in [0.25, 0.3) is 0 Å². The molecule has 2 atom stereocenters. The van der Waals surface area contributed by atoms with Crippen molar-refractivity contribution in [3.8, 4) is 0 Å². The third-order valence-corrected chi connectivity index (χ3v) is 4.81. The molecule has 1 aliphatic carbocycles. The summed E-state index contributed by atoms with van der Waals surface area (Å²) in [4.78, 5) is 0. The predicted octanol–water partition coefficient (Wildman–Crippen LogP) is 4.33. The highest BCUT2D eigenvalue weighted by atomic mass is 35.5. The van der Waals surface area contributed by atoms with Gasteiger partial charge in [0.2, 0.25) is 0 Å². The fourth-order valence-corrected chi connectivity index (χ4v) is 3.54. The van der Waals surface area contributed by atoms with Gasteiger partial charge in [0.1, 0.15) is 5.82 Å². The minimum atomic E-state index is -0.382. The third-order valence-electron chi connectivity index (χ3n) is 4.38. The summed E-state index contributed by atoms with van der Waals surface area (Å²) in [5.41, 5.74) is 7.15. The first-order chi connectivity index (χ1) is 10.1. The Morgan fingerprint density at radius 2 is 2.05 bits per heavy atom. The maximum absolute atomic E-state index is 13.5. The second-order valence-electron chi connectivity index (χ2n) is 5.90. The molecule has 0 spiro atoms. The average Bonchev–Trinajstić information content (AvgIpc) is 2.50. The number of rotatable bonds is 6. The summed E-state index contributed by atoms with van der Waals surface area (Å²) in [7, 11) is 0. The fraction of sp³-hybridized carbons (Fsp3) is 0.647. The van der Waals surface area contributed by atoms with Gasteiger partial charge in [0.15, 0.2) is 0 Å². The van der Waals surface area contributed by atoms with E-state index in [1.54, 1.807) is 6.07 Å². The Morgan fingerprint density at radius 3 is 2.71 bits per heavy atom. The van der Waals surface area contributed by atoms with Crippen LogP contribution in [0.25, 0.3) is 0 Å². The molecule has 2 N–H and O–H groups in total. The maximum atomic E-state index is 13.5. The monoisotopic (exact) mass is 313 g/mol. The topological polar surface area (TPSA) is 35.2 Å². The number of benzene rings is 1. The van der Waals surface area contributed by atoms with Gasteiger partial charge in [0, 0.05) is 12.6 Å². The summed E-state index contributed by atoms with van der Waals surface area (Å²) in [6.45, 7) is 2.66. The van der Waals surface area contributed by atoms with Crippen LogP contribution in [0, 0.1) is 11.7 Å². The van der Waals surface area contributed by atoms with Crippen molar-refractivity contribution < 1.29 is 9.13 Å². The van der Waals surface area contributed by atoms with E-state index in [2.05, 4.69) is 0 Å². The highest BCUT2D eigenvalue weighted by Crippen LogP contribution is 2.30. The summed E-state index contributed by atoms with van der Waals surface area (Å²) >= 11 is 6.03. The zero-order valence-corrected chi connectivity index (χ0v) is 13.4. The second kappa shape index (κ2) is 8.11. The van der Waals surface area contributed by atoms with Crippen LogP contribution in [0.1, 0.15) is 44.6 Å². The molecule has 1 fully saturated rings. The first-order valence-electron chi connectivity index (χ1n) is 7.93. The smallest absolute Gasteiger partial charge is 0.142 e. The molecule has 118 valence electrons. The lowest BCUT2D eigenvalue weighted by atomic mass is 9.81. The van der Waals surface area contributed by atoms with Gasteiger partial charge < -0.3 is 10.5 Å². The van der Waals surface area contributed by atoms with Gasteiger partial charge in [-0.3, -0.25) is 0 Å². The number of ether oxygens (including phenoxy) is 1. The van der Waals surface area contributed by atoms with Crippen LogP contribution in [0.2, 0.25) is 5.02 Å². The zero-order valence-electron chi connectivity index (χ0n) is 12.7. The molecule has 1 aromatic carbocycles. The van der Waals surface area contributed by atoms with Gasteiger partial charge in [-0.05, 0) is 43.7 Å². The molecule has 0 aliphatic heterocycles. The van der Waals surface area contributed by atoms with Crippen molar-refractivity contribution >= 4 is 11.6 Å². The van der Waals surface area contributed by atoms with Crippen molar-refractivity contribution in [1.29, 1.82) is 0 Å². The summed E-state index contributed by atoms with van der Waals surface area (Å²) in [5.74, 6) is 0.132. The van der Waals surface area contributed by atoms with Gasteiger partial charge in [-0.2, -0.15) is 0 Å². The van der Waals surface area contributed by atoms with E-state index in [0.29, 0.717) is 18.9 Å². The number of hydrogen-bond acceptors (Lipinski definition) is 2. The van der Waals surface area contributed by atoms with Crippen molar-refractivity contribution in [2.24, 2.45) is 11.7 Å². The van der Waals surface area contributed by atoms with E-state index >= 15 is 0 Å².